The predicted octanol–water partition coefficient (Wildman–Crippen LogP) is 10.4. The number of hydrogen-bond donors (Lipinski definition) is 1. The number of fused-ring (bicyclic) bond motifs is 9. The highest BCUT2D eigenvalue weighted by molar-refractivity contribution is 6.34. The van der Waals surface area contributed by atoms with Gasteiger partial charge in [-0.25, -0.2) is 29.3 Å². The van der Waals surface area contributed by atoms with Gasteiger partial charge in [0.1, 0.15) is 61.6 Å². The minimum Gasteiger partial charge on any atom is -0.494 e. The topological polar surface area (TPSA) is 347 Å². The molecular formula is C73H76ClN21O11. The van der Waals surface area contributed by atoms with Gasteiger partial charge >= 0.3 is 17.1 Å². The van der Waals surface area contributed by atoms with Crippen LogP contribution >= 0.6 is 11.6 Å². The van der Waals surface area contributed by atoms with E-state index < -0.39 is 0 Å². The lowest BCUT2D eigenvalue weighted by Gasteiger charge is -2.30. The lowest BCUT2D eigenvalue weighted by Crippen LogP contribution is -2.34. The summed E-state index contributed by atoms with van der Waals surface area (Å²) in [5, 5.41) is 25.9. The maximum atomic E-state index is 13.6. The number of hydrogen-bond acceptors (Lipinski definition) is 22. The molecule has 0 bridgehead atoms. The van der Waals surface area contributed by atoms with Crippen LogP contribution in [0.1, 0.15) is 96.7 Å². The van der Waals surface area contributed by atoms with E-state index in [1.54, 1.807) is 119 Å². The van der Waals surface area contributed by atoms with Crippen LogP contribution in [0.5, 0.6) is 5.75 Å². The van der Waals surface area contributed by atoms with Crippen LogP contribution in [-0.4, -0.2) is 148 Å². The Morgan fingerprint density at radius 1 is 0.443 bits per heavy atom. The van der Waals surface area contributed by atoms with Crippen LogP contribution in [0, 0.1) is 0 Å². The first-order chi connectivity index (χ1) is 51.3. The molecule has 106 heavy (non-hydrogen) atoms. The molecule has 546 valence electrons. The van der Waals surface area contributed by atoms with Crippen molar-refractivity contribution in [3.05, 3.63) is 139 Å². The molecule has 0 radical (unpaired) electrons. The number of halogens is 1. The normalized spacial score (nSPS) is 18.5. The zero-order valence-corrected chi connectivity index (χ0v) is 60.7. The van der Waals surface area contributed by atoms with Crippen LogP contribution < -0.4 is 27.2 Å². The molecule has 0 spiro atoms. The first kappa shape index (κ1) is 68.9. The van der Waals surface area contributed by atoms with E-state index in [1.165, 1.54) is 6.07 Å². The fourth-order valence-electron chi connectivity index (χ4n) is 14.8. The number of furan rings is 3. The molecule has 32 nitrogen and oxygen atoms in total. The number of H-pyrrole nitrogens is 1. The number of methoxy groups -OCH3 is 1. The third-order valence-electron chi connectivity index (χ3n) is 20.0. The Bertz CT molecular complexity index is 6130. The Kier molecular flexibility index (Phi) is 18.1. The average molecular weight is 1460 g/mol. The number of nitrogens with zero attached hydrogens (tertiary/aromatic N) is 20. The predicted molar refractivity (Wildman–Crippen MR) is 393 cm³/mol. The van der Waals surface area contributed by atoms with Crippen LogP contribution in [-0.2, 0) is 56.5 Å². The average Bonchev–Trinajstić information content (AvgIpc) is 1.31. The molecular weight excluding hydrogens is 1380 g/mol. The van der Waals surface area contributed by atoms with Gasteiger partial charge in [-0.05, 0) is 57.8 Å². The van der Waals surface area contributed by atoms with Crippen molar-refractivity contribution in [3.8, 4) is 73.3 Å². The molecule has 33 heteroatoms. The van der Waals surface area contributed by atoms with Crippen molar-refractivity contribution in [2.75, 3.05) is 26.9 Å². The molecule has 0 saturated carbocycles. The fourth-order valence-corrected chi connectivity index (χ4v) is 15.1. The molecule has 0 amide bonds. The fraction of sp³-hybridized carbons (Fsp3) is 0.384. The van der Waals surface area contributed by atoms with Crippen molar-refractivity contribution in [3.63, 3.8) is 0 Å². The first-order valence-electron chi connectivity index (χ1n) is 35.2. The standard InChI is InChI=1S/C25H27N7O4.C24H24ClN7O3.C24H25N7O4/c1-5-17-8-16(6-7-35-17)32-23-22-19(9-18(34-4)20(28-22)14-10-26-30(2)12-14)36-24(23)21(29-25(32)33)15-11-27-31(3)13-15;1-4-16-7-15(5-6-34-16)32-22-21-18(8-17(25)19(28-21)13-9-26-30(2)11-13)35-23(22)20(29-24(32)33)14-10-27-31(3)12-14;1-4-16-7-15(5-6-34-16)31-22-21-18(8-17(32)19(27-21)13-9-25-29(2)11-13)35-23(22)20(28-24(31)33)14-10-26-30(3)12-14/h9-13,16-17H,5-8H2,1-4H3;8-12,15-16H,4-7H2,1-3H3;8-12,15-16H,4-7H2,1-3H3,(H,28,33)/t16-,17-;2*15-,16-/m000/s1. The summed E-state index contributed by atoms with van der Waals surface area (Å²) >= 11 is 6.62. The molecule has 0 aromatic carbocycles. The van der Waals surface area contributed by atoms with Crippen molar-refractivity contribution in [1.29, 1.82) is 0 Å². The van der Waals surface area contributed by atoms with Crippen LogP contribution in [0.2, 0.25) is 5.02 Å². The summed E-state index contributed by atoms with van der Waals surface area (Å²) in [6.45, 7) is 7.99. The number of aryl methyl sites for hydroxylation is 6. The molecule has 3 fully saturated rings. The summed E-state index contributed by atoms with van der Waals surface area (Å²) in [6, 6.07) is 4.73. The number of aromatic amines is 1. The van der Waals surface area contributed by atoms with E-state index >= 15 is 0 Å². The molecule has 3 aliphatic rings. The van der Waals surface area contributed by atoms with E-state index in [0.29, 0.717) is 174 Å². The quantitative estimate of drug-likeness (QED) is 0.112. The molecule has 15 aromatic rings. The third-order valence-corrected chi connectivity index (χ3v) is 20.3. The second kappa shape index (κ2) is 27.9. The van der Waals surface area contributed by atoms with Gasteiger partial charge in [0, 0.05) is 169 Å². The SMILES string of the molecule is CC[C@H]1C[C@@H](n2c(=O)[nH]c(-c3cnn(C)c3)c3oc4cc(=O)c(-c5cnn(C)c5)nc4c32)CCO1.CC[C@H]1C[C@@H](n2c(=O)nc(-c3cnn(C)c3)c3oc4cc(Cl)c(-c5cnn(C)c5)nc4c32)CCO1.CC[C@H]1C[C@@H](n2c(=O)nc(-c3cnn(C)c3)c3oc4cc(OC)c(-c5cnn(C)c5)nc4c32)CCO1. The van der Waals surface area contributed by atoms with Gasteiger partial charge in [-0.1, -0.05) is 32.4 Å². The van der Waals surface area contributed by atoms with E-state index in [4.69, 9.17) is 58.8 Å². The maximum absolute atomic E-state index is 13.6. The third kappa shape index (κ3) is 12.5. The highest BCUT2D eigenvalue weighted by Crippen LogP contribution is 2.43. The number of rotatable bonds is 13. The highest BCUT2D eigenvalue weighted by Gasteiger charge is 2.34. The maximum Gasteiger partial charge on any atom is 0.349 e. The van der Waals surface area contributed by atoms with Gasteiger partial charge < -0.3 is 37.2 Å². The van der Waals surface area contributed by atoms with Gasteiger partial charge in [-0.2, -0.15) is 40.6 Å². The summed E-state index contributed by atoms with van der Waals surface area (Å²) in [4.78, 5) is 80.3. The second-order valence-corrected chi connectivity index (χ2v) is 27.5. The minimum atomic E-state index is -0.347. The van der Waals surface area contributed by atoms with Gasteiger partial charge in [0.25, 0.3) is 0 Å². The second-order valence-electron chi connectivity index (χ2n) is 27.1. The van der Waals surface area contributed by atoms with Crippen molar-refractivity contribution in [1.82, 2.24) is 102 Å². The summed E-state index contributed by atoms with van der Waals surface area (Å²) in [5.41, 5.74) is 12.1. The molecule has 18 heterocycles. The minimum absolute atomic E-state index is 0.0685. The Morgan fingerprint density at radius 3 is 1.23 bits per heavy atom. The summed E-state index contributed by atoms with van der Waals surface area (Å²) in [7, 11) is 12.5. The van der Waals surface area contributed by atoms with Crippen LogP contribution in [0.4, 0.5) is 0 Å². The van der Waals surface area contributed by atoms with Crippen molar-refractivity contribution < 1.29 is 32.2 Å². The van der Waals surface area contributed by atoms with E-state index in [0.717, 1.165) is 43.2 Å². The molecule has 3 saturated heterocycles. The lowest BCUT2D eigenvalue weighted by molar-refractivity contribution is -0.00725. The zero-order chi connectivity index (χ0) is 73.5. The van der Waals surface area contributed by atoms with E-state index in [-0.39, 0.29) is 64.6 Å². The summed E-state index contributed by atoms with van der Waals surface area (Å²) < 4.78 is 57.4. The van der Waals surface area contributed by atoms with Crippen molar-refractivity contribution >= 4 is 78.2 Å². The van der Waals surface area contributed by atoms with Gasteiger partial charge in [-0.15, -0.1) is 0 Å². The molecule has 3 aliphatic heterocycles. The van der Waals surface area contributed by atoms with Crippen LogP contribution in [0.3, 0.4) is 0 Å². The Morgan fingerprint density at radius 2 is 0.802 bits per heavy atom. The molecule has 18 rings (SSSR count). The number of nitrogens with one attached hydrogen (secondary N) is 1. The summed E-state index contributed by atoms with van der Waals surface area (Å²) in [6.07, 6.45) is 28.0. The zero-order valence-electron chi connectivity index (χ0n) is 59.9. The molecule has 0 unspecified atom stereocenters. The summed E-state index contributed by atoms with van der Waals surface area (Å²) in [5.74, 6) is 0.552. The van der Waals surface area contributed by atoms with Crippen LogP contribution in [0.25, 0.3) is 134 Å². The first-order valence-corrected chi connectivity index (χ1v) is 35.6. The number of aromatic nitrogens is 21. The van der Waals surface area contributed by atoms with E-state index in [2.05, 4.69) is 66.3 Å². The van der Waals surface area contributed by atoms with E-state index in [1.807, 2.05) is 59.0 Å². The number of ether oxygens (including phenoxy) is 4. The number of pyridine rings is 3. The van der Waals surface area contributed by atoms with Gasteiger partial charge in [0.2, 0.25) is 5.43 Å². The van der Waals surface area contributed by atoms with E-state index in [9.17, 15) is 19.2 Å². The highest BCUT2D eigenvalue weighted by atomic mass is 35.5. The van der Waals surface area contributed by atoms with Crippen molar-refractivity contribution in [2.45, 2.75) is 115 Å². The molecule has 1 N–H and O–H groups in total. The Hall–Kier alpha value is -11.5. The molecule has 15 aromatic heterocycles. The van der Waals surface area contributed by atoms with Gasteiger partial charge in [-0.3, -0.25) is 46.6 Å². The Labute approximate surface area is 606 Å². The van der Waals surface area contributed by atoms with Crippen LogP contribution in [0.15, 0.2) is 125 Å². The molecule has 6 atom stereocenters. The largest absolute Gasteiger partial charge is 0.494 e. The van der Waals surface area contributed by atoms with Gasteiger partial charge in [0.05, 0.1) is 79.0 Å². The molecule has 0 aliphatic carbocycles. The lowest BCUT2D eigenvalue weighted by atomic mass is 10.0. The smallest absolute Gasteiger partial charge is 0.349 e. The van der Waals surface area contributed by atoms with Crippen molar-refractivity contribution in [2.24, 2.45) is 42.3 Å². The van der Waals surface area contributed by atoms with Gasteiger partial charge in [0.15, 0.2) is 33.5 Å². The Balaban J connectivity index is 0.000000122. The monoisotopic (exact) mass is 1460 g/mol.